The minimum Gasteiger partial charge on any atom is -0.481 e. The lowest BCUT2D eigenvalue weighted by Gasteiger charge is -2.36. The minimum absolute atomic E-state index is 0.151. The van der Waals surface area contributed by atoms with E-state index in [1.54, 1.807) is 11.1 Å². The topological polar surface area (TPSA) is 95.0 Å². The van der Waals surface area contributed by atoms with Gasteiger partial charge >= 0.3 is 12.0 Å². The maximum atomic E-state index is 12.5. The molecule has 1 aromatic rings. The Hall–Kier alpha value is -2.35. The number of hydrogen-bond donors (Lipinski definition) is 2. The second-order valence-electron chi connectivity index (χ2n) is 7.78. The maximum absolute atomic E-state index is 12.5. The van der Waals surface area contributed by atoms with E-state index in [0.29, 0.717) is 18.7 Å². The van der Waals surface area contributed by atoms with Crippen LogP contribution in [-0.2, 0) is 9.53 Å². The molecule has 0 aromatic carbocycles. The van der Waals surface area contributed by atoms with Crippen molar-refractivity contribution in [1.82, 2.24) is 9.88 Å². The average molecular weight is 376 g/mol. The number of carboxylic acids is 1. The highest BCUT2D eigenvalue weighted by Crippen LogP contribution is 2.23. The first-order chi connectivity index (χ1) is 12.8. The van der Waals surface area contributed by atoms with Crippen molar-refractivity contribution < 1.29 is 19.4 Å². The van der Waals surface area contributed by atoms with E-state index >= 15 is 0 Å². The van der Waals surface area contributed by atoms with Gasteiger partial charge in [0.2, 0.25) is 0 Å². The maximum Gasteiger partial charge on any atom is 0.321 e. The zero-order chi connectivity index (χ0) is 19.6. The lowest BCUT2D eigenvalue weighted by Crippen LogP contribution is -2.47. The predicted octanol–water partition coefficient (Wildman–Crippen LogP) is 2.27. The summed E-state index contributed by atoms with van der Waals surface area (Å²) in [5, 5.41) is 12.1. The highest BCUT2D eigenvalue weighted by molar-refractivity contribution is 5.89. The van der Waals surface area contributed by atoms with Crippen LogP contribution in [0.5, 0.6) is 0 Å². The lowest BCUT2D eigenvalue weighted by molar-refractivity contribution is -0.143. The predicted molar refractivity (Wildman–Crippen MR) is 102 cm³/mol. The number of nitrogens with one attached hydrogen (secondary N) is 1. The third-order valence-electron chi connectivity index (χ3n) is 5.04. The van der Waals surface area contributed by atoms with Crippen LogP contribution >= 0.6 is 0 Å². The fraction of sp³-hybridized carbons (Fsp3) is 0.632. The van der Waals surface area contributed by atoms with Gasteiger partial charge in [0.1, 0.15) is 5.82 Å². The van der Waals surface area contributed by atoms with Crippen molar-refractivity contribution in [1.29, 1.82) is 0 Å². The highest BCUT2D eigenvalue weighted by atomic mass is 16.5. The van der Waals surface area contributed by atoms with Gasteiger partial charge in [-0.2, -0.15) is 0 Å². The number of piperidine rings is 1. The molecule has 2 aliphatic rings. The van der Waals surface area contributed by atoms with E-state index in [1.807, 2.05) is 32.9 Å². The monoisotopic (exact) mass is 376 g/mol. The molecule has 27 heavy (non-hydrogen) atoms. The number of anilines is 2. The summed E-state index contributed by atoms with van der Waals surface area (Å²) >= 11 is 0. The molecule has 4 unspecified atom stereocenters. The zero-order valence-electron chi connectivity index (χ0n) is 16.1. The molecule has 0 saturated carbocycles. The molecule has 8 nitrogen and oxygen atoms in total. The Bertz CT molecular complexity index is 671. The van der Waals surface area contributed by atoms with Crippen molar-refractivity contribution >= 4 is 23.5 Å². The van der Waals surface area contributed by atoms with Crippen LogP contribution in [0.2, 0.25) is 0 Å². The molecule has 0 spiro atoms. The number of hydrogen-bond acceptors (Lipinski definition) is 5. The minimum atomic E-state index is -0.848. The summed E-state index contributed by atoms with van der Waals surface area (Å²) in [5.41, 5.74) is 0.600. The summed E-state index contributed by atoms with van der Waals surface area (Å²) in [4.78, 5) is 32.0. The third-order valence-corrected chi connectivity index (χ3v) is 5.04. The molecule has 8 heteroatoms. The first-order valence-electron chi connectivity index (χ1n) is 9.47. The van der Waals surface area contributed by atoms with Gasteiger partial charge in [-0.1, -0.05) is 6.92 Å². The number of urea groups is 1. The van der Waals surface area contributed by atoms with Crippen molar-refractivity contribution in [3.05, 3.63) is 18.3 Å². The van der Waals surface area contributed by atoms with Crippen LogP contribution in [0.25, 0.3) is 0 Å². The molecule has 2 N–H and O–H groups in total. The largest absolute Gasteiger partial charge is 0.481 e. The van der Waals surface area contributed by atoms with Gasteiger partial charge in [-0.05, 0) is 38.3 Å². The SMILES string of the molecule is CC1CC(C(=O)O)CN(C(=O)Nc2ccc(N3CC(C)OC(C)C3)nc2)C1. The van der Waals surface area contributed by atoms with Crippen LogP contribution in [-0.4, -0.2) is 65.4 Å². The smallest absolute Gasteiger partial charge is 0.321 e. The average Bonchev–Trinajstić information content (AvgIpc) is 2.61. The van der Waals surface area contributed by atoms with Crippen LogP contribution in [0.15, 0.2) is 18.3 Å². The first kappa shape index (κ1) is 19.4. The second kappa shape index (κ2) is 8.12. The first-order valence-corrected chi connectivity index (χ1v) is 9.47. The number of carbonyl (C=O) groups excluding carboxylic acids is 1. The van der Waals surface area contributed by atoms with Gasteiger partial charge in [-0.3, -0.25) is 4.79 Å². The van der Waals surface area contributed by atoms with Crippen molar-refractivity contribution in [3.8, 4) is 0 Å². The molecule has 3 rings (SSSR count). The van der Waals surface area contributed by atoms with E-state index in [9.17, 15) is 14.7 Å². The van der Waals surface area contributed by atoms with Gasteiger partial charge < -0.3 is 25.0 Å². The number of carboxylic acid groups (broad SMARTS) is 1. The van der Waals surface area contributed by atoms with Crippen LogP contribution in [0.3, 0.4) is 0 Å². The normalized spacial score (nSPS) is 28.7. The van der Waals surface area contributed by atoms with Gasteiger partial charge in [0.15, 0.2) is 0 Å². The van der Waals surface area contributed by atoms with Gasteiger partial charge in [0.25, 0.3) is 0 Å². The Kier molecular flexibility index (Phi) is 5.84. The number of rotatable bonds is 3. The fourth-order valence-electron chi connectivity index (χ4n) is 3.91. The number of morpholine rings is 1. The Morgan fingerprint density at radius 3 is 2.44 bits per heavy atom. The van der Waals surface area contributed by atoms with Crippen LogP contribution in [0, 0.1) is 11.8 Å². The second-order valence-corrected chi connectivity index (χ2v) is 7.78. The fourth-order valence-corrected chi connectivity index (χ4v) is 3.91. The number of ether oxygens (including phenoxy) is 1. The molecule has 148 valence electrons. The lowest BCUT2D eigenvalue weighted by atomic mass is 9.91. The number of nitrogens with zero attached hydrogens (tertiary/aromatic N) is 3. The number of aliphatic carboxylic acids is 1. The molecule has 0 bridgehead atoms. The standard InChI is InChI=1S/C19H28N4O4/c1-12-6-15(18(24)25)11-23(8-12)19(26)21-16-4-5-17(20-7-16)22-9-13(2)27-14(3)10-22/h4-5,7,12-15H,6,8-11H2,1-3H3,(H,21,26)(H,24,25). The highest BCUT2D eigenvalue weighted by Gasteiger charge is 2.32. The van der Waals surface area contributed by atoms with Crippen LogP contribution < -0.4 is 10.2 Å². The molecule has 0 aliphatic carbocycles. The van der Waals surface area contributed by atoms with Crippen molar-refractivity contribution in [2.75, 3.05) is 36.4 Å². The summed E-state index contributed by atoms with van der Waals surface area (Å²) in [5.74, 6) is -0.339. The van der Waals surface area contributed by atoms with Crippen LogP contribution in [0.4, 0.5) is 16.3 Å². The molecule has 0 radical (unpaired) electrons. The van der Waals surface area contributed by atoms with Crippen molar-refractivity contribution in [2.24, 2.45) is 11.8 Å². The number of likely N-dealkylation sites (tertiary alicyclic amines) is 1. The Labute approximate surface area is 159 Å². The summed E-state index contributed by atoms with van der Waals surface area (Å²) in [6.45, 7) is 8.42. The molecule has 3 heterocycles. The summed E-state index contributed by atoms with van der Waals surface area (Å²) in [6.07, 6.45) is 2.54. The zero-order valence-corrected chi connectivity index (χ0v) is 16.1. The number of aromatic nitrogens is 1. The van der Waals surface area contributed by atoms with E-state index in [4.69, 9.17) is 4.74 Å². The van der Waals surface area contributed by atoms with E-state index < -0.39 is 11.9 Å². The third kappa shape index (κ3) is 4.88. The van der Waals surface area contributed by atoms with E-state index in [1.165, 1.54) is 0 Å². The molecule has 2 fully saturated rings. The number of amides is 2. The Morgan fingerprint density at radius 1 is 1.15 bits per heavy atom. The Morgan fingerprint density at radius 2 is 1.85 bits per heavy atom. The molecule has 2 amide bonds. The summed E-state index contributed by atoms with van der Waals surface area (Å²) in [6, 6.07) is 3.43. The summed E-state index contributed by atoms with van der Waals surface area (Å²) < 4.78 is 5.74. The van der Waals surface area contributed by atoms with Gasteiger partial charge in [0.05, 0.1) is 30.0 Å². The van der Waals surface area contributed by atoms with E-state index in [2.05, 4.69) is 15.2 Å². The summed E-state index contributed by atoms with van der Waals surface area (Å²) in [7, 11) is 0. The van der Waals surface area contributed by atoms with E-state index in [-0.39, 0.29) is 30.7 Å². The van der Waals surface area contributed by atoms with Crippen molar-refractivity contribution in [3.63, 3.8) is 0 Å². The molecular formula is C19H28N4O4. The quantitative estimate of drug-likeness (QED) is 0.840. The van der Waals surface area contributed by atoms with Crippen molar-refractivity contribution in [2.45, 2.75) is 39.4 Å². The molecule has 2 saturated heterocycles. The van der Waals surface area contributed by atoms with Gasteiger partial charge in [-0.15, -0.1) is 0 Å². The number of pyridine rings is 1. The molecule has 1 aromatic heterocycles. The number of carbonyl (C=O) groups is 2. The molecular weight excluding hydrogens is 348 g/mol. The van der Waals surface area contributed by atoms with E-state index in [0.717, 1.165) is 18.9 Å². The van der Waals surface area contributed by atoms with Gasteiger partial charge in [0, 0.05) is 26.2 Å². The van der Waals surface area contributed by atoms with Crippen LogP contribution in [0.1, 0.15) is 27.2 Å². The molecule has 4 atom stereocenters. The Balaban J connectivity index is 1.60. The van der Waals surface area contributed by atoms with Gasteiger partial charge in [-0.25, -0.2) is 9.78 Å². The molecule has 2 aliphatic heterocycles.